The maximum atomic E-state index is 11.5. The molecular formula is C11H22N2O3S. The van der Waals surface area contributed by atoms with Gasteiger partial charge in [-0.2, -0.15) is 0 Å². The molecule has 1 spiro atoms. The van der Waals surface area contributed by atoms with Crippen LogP contribution in [0.1, 0.15) is 32.6 Å². The molecule has 0 unspecified atom stereocenters. The van der Waals surface area contributed by atoms with Crippen molar-refractivity contribution in [3.8, 4) is 0 Å². The number of ether oxygens (including phenoxy) is 1. The van der Waals surface area contributed by atoms with E-state index in [1.54, 1.807) is 6.92 Å². The molecule has 1 heterocycles. The Morgan fingerprint density at radius 1 is 1.41 bits per heavy atom. The van der Waals surface area contributed by atoms with Gasteiger partial charge in [-0.05, 0) is 32.6 Å². The quantitative estimate of drug-likeness (QED) is 0.764. The molecule has 0 amide bonds. The maximum Gasteiger partial charge on any atom is 0.211 e. The Balaban J connectivity index is 1.85. The molecule has 17 heavy (non-hydrogen) atoms. The monoisotopic (exact) mass is 262 g/mol. The number of nitrogens with one attached hydrogen (secondary N) is 2. The van der Waals surface area contributed by atoms with Gasteiger partial charge in [-0.1, -0.05) is 0 Å². The van der Waals surface area contributed by atoms with Crippen molar-refractivity contribution in [2.45, 2.75) is 44.2 Å². The lowest BCUT2D eigenvalue weighted by atomic mass is 9.81. The van der Waals surface area contributed by atoms with Crippen molar-refractivity contribution in [2.24, 2.45) is 0 Å². The lowest BCUT2D eigenvalue weighted by Crippen LogP contribution is -2.53. The van der Waals surface area contributed by atoms with E-state index in [0.29, 0.717) is 0 Å². The zero-order valence-electron chi connectivity index (χ0n) is 10.4. The third-order valence-electron chi connectivity index (χ3n) is 3.76. The molecule has 0 aromatic heterocycles. The summed E-state index contributed by atoms with van der Waals surface area (Å²) in [6, 6.07) is 0.0936. The van der Waals surface area contributed by atoms with Crippen LogP contribution in [0.25, 0.3) is 0 Å². The number of morpholine rings is 1. The minimum absolute atomic E-state index is 0.0353. The average molecular weight is 262 g/mol. The molecule has 0 bridgehead atoms. The molecule has 1 saturated heterocycles. The Morgan fingerprint density at radius 3 is 2.65 bits per heavy atom. The van der Waals surface area contributed by atoms with E-state index in [2.05, 4.69) is 10.0 Å². The normalized spacial score (nSPS) is 35.0. The third-order valence-corrected chi connectivity index (χ3v) is 5.21. The molecule has 0 aromatic carbocycles. The van der Waals surface area contributed by atoms with E-state index in [1.165, 1.54) is 0 Å². The predicted molar refractivity (Wildman–Crippen MR) is 66.4 cm³/mol. The maximum absolute atomic E-state index is 11.5. The van der Waals surface area contributed by atoms with Crippen LogP contribution in [0.4, 0.5) is 0 Å². The summed E-state index contributed by atoms with van der Waals surface area (Å²) in [4.78, 5) is 0. The SMILES string of the molecule is CCS(=O)(=O)NC1CCC2(CC1)CNCCO2. The molecule has 2 fully saturated rings. The van der Waals surface area contributed by atoms with E-state index in [4.69, 9.17) is 4.74 Å². The minimum Gasteiger partial charge on any atom is -0.372 e. The molecule has 2 aliphatic rings. The molecule has 0 radical (unpaired) electrons. The Hall–Kier alpha value is -0.170. The molecule has 5 nitrogen and oxygen atoms in total. The number of hydrogen-bond donors (Lipinski definition) is 2. The van der Waals surface area contributed by atoms with Crippen LogP contribution in [0.15, 0.2) is 0 Å². The minimum atomic E-state index is -3.07. The summed E-state index contributed by atoms with van der Waals surface area (Å²) in [6.07, 6.45) is 3.63. The highest BCUT2D eigenvalue weighted by atomic mass is 32.2. The Bertz CT molecular complexity index is 340. The van der Waals surface area contributed by atoms with Gasteiger partial charge in [-0.15, -0.1) is 0 Å². The fraction of sp³-hybridized carbons (Fsp3) is 1.00. The third kappa shape index (κ3) is 3.40. The van der Waals surface area contributed by atoms with Crippen molar-refractivity contribution in [1.29, 1.82) is 0 Å². The van der Waals surface area contributed by atoms with Crippen LogP contribution in [0.5, 0.6) is 0 Å². The molecule has 6 heteroatoms. The second-order valence-corrected chi connectivity index (χ2v) is 7.05. The van der Waals surface area contributed by atoms with Gasteiger partial charge in [-0.3, -0.25) is 0 Å². The van der Waals surface area contributed by atoms with E-state index >= 15 is 0 Å². The number of sulfonamides is 1. The topological polar surface area (TPSA) is 67.4 Å². The van der Waals surface area contributed by atoms with Crippen LogP contribution in [0.2, 0.25) is 0 Å². The molecule has 1 aliphatic heterocycles. The van der Waals surface area contributed by atoms with Gasteiger partial charge >= 0.3 is 0 Å². The van der Waals surface area contributed by atoms with Crippen LogP contribution in [-0.2, 0) is 14.8 Å². The highest BCUT2D eigenvalue weighted by Gasteiger charge is 2.38. The molecule has 100 valence electrons. The predicted octanol–water partition coefficient (Wildman–Crippen LogP) is 0.227. The molecule has 1 saturated carbocycles. The van der Waals surface area contributed by atoms with E-state index in [-0.39, 0.29) is 17.4 Å². The van der Waals surface area contributed by atoms with Crippen molar-refractivity contribution < 1.29 is 13.2 Å². The lowest BCUT2D eigenvalue weighted by molar-refractivity contribution is -0.0903. The van der Waals surface area contributed by atoms with E-state index in [1.807, 2.05) is 0 Å². The van der Waals surface area contributed by atoms with Gasteiger partial charge in [0.1, 0.15) is 0 Å². The van der Waals surface area contributed by atoms with Gasteiger partial charge in [0.2, 0.25) is 10.0 Å². The molecule has 1 aliphatic carbocycles. The smallest absolute Gasteiger partial charge is 0.211 e. The van der Waals surface area contributed by atoms with Crippen molar-refractivity contribution in [1.82, 2.24) is 10.0 Å². The zero-order chi connectivity index (χ0) is 12.4. The van der Waals surface area contributed by atoms with Crippen LogP contribution in [0.3, 0.4) is 0 Å². The van der Waals surface area contributed by atoms with Crippen LogP contribution in [-0.4, -0.2) is 45.5 Å². The van der Waals surface area contributed by atoms with Crippen molar-refractivity contribution >= 4 is 10.0 Å². The summed E-state index contributed by atoms with van der Waals surface area (Å²) < 4.78 is 31.6. The molecule has 2 N–H and O–H groups in total. The number of rotatable bonds is 3. The first-order chi connectivity index (χ1) is 8.05. The van der Waals surface area contributed by atoms with E-state index in [9.17, 15) is 8.42 Å². The summed E-state index contributed by atoms with van der Waals surface area (Å²) in [6.45, 7) is 4.26. The van der Waals surface area contributed by atoms with Crippen molar-refractivity contribution in [2.75, 3.05) is 25.4 Å². The largest absolute Gasteiger partial charge is 0.372 e. The van der Waals surface area contributed by atoms with Gasteiger partial charge in [0.15, 0.2) is 0 Å². The van der Waals surface area contributed by atoms with E-state index < -0.39 is 10.0 Å². The fourth-order valence-corrected chi connectivity index (χ4v) is 3.54. The summed E-state index contributed by atoms with van der Waals surface area (Å²) in [5.41, 5.74) is -0.0353. The Kier molecular flexibility index (Phi) is 4.07. The Morgan fingerprint density at radius 2 is 2.12 bits per heavy atom. The molecule has 0 atom stereocenters. The van der Waals surface area contributed by atoms with E-state index in [0.717, 1.165) is 45.4 Å². The fourth-order valence-electron chi connectivity index (χ4n) is 2.63. The standard InChI is InChI=1S/C11H22N2O3S/c1-2-17(14,15)13-10-3-5-11(6-4-10)9-12-7-8-16-11/h10,12-13H,2-9H2,1H3. The van der Waals surface area contributed by atoms with Crippen molar-refractivity contribution in [3.63, 3.8) is 0 Å². The highest BCUT2D eigenvalue weighted by molar-refractivity contribution is 7.89. The van der Waals surface area contributed by atoms with Gasteiger partial charge in [0.25, 0.3) is 0 Å². The highest BCUT2D eigenvalue weighted by Crippen LogP contribution is 2.32. The second-order valence-electron chi connectivity index (χ2n) is 5.00. The van der Waals surface area contributed by atoms with Crippen LogP contribution >= 0.6 is 0 Å². The molecule has 2 rings (SSSR count). The van der Waals surface area contributed by atoms with Crippen LogP contribution in [0, 0.1) is 0 Å². The molecule has 0 aromatic rings. The van der Waals surface area contributed by atoms with Gasteiger partial charge in [0, 0.05) is 19.1 Å². The first kappa shape index (κ1) is 13.3. The van der Waals surface area contributed by atoms with Crippen molar-refractivity contribution in [3.05, 3.63) is 0 Å². The summed E-state index contributed by atoms with van der Waals surface area (Å²) in [7, 11) is -3.07. The molecular weight excluding hydrogens is 240 g/mol. The summed E-state index contributed by atoms with van der Waals surface area (Å²) in [5.74, 6) is 0.159. The summed E-state index contributed by atoms with van der Waals surface area (Å²) in [5, 5.41) is 3.36. The average Bonchev–Trinajstić information content (AvgIpc) is 2.34. The van der Waals surface area contributed by atoms with Gasteiger partial charge in [-0.25, -0.2) is 13.1 Å². The van der Waals surface area contributed by atoms with Crippen LogP contribution < -0.4 is 10.0 Å². The first-order valence-electron chi connectivity index (χ1n) is 6.40. The zero-order valence-corrected chi connectivity index (χ0v) is 11.2. The lowest BCUT2D eigenvalue weighted by Gasteiger charge is -2.42. The summed E-state index contributed by atoms with van der Waals surface area (Å²) >= 11 is 0. The van der Waals surface area contributed by atoms with Gasteiger partial charge in [0.05, 0.1) is 18.0 Å². The second kappa shape index (κ2) is 5.22. The first-order valence-corrected chi connectivity index (χ1v) is 8.05. The Labute approximate surface area is 103 Å². The number of hydrogen-bond acceptors (Lipinski definition) is 4. The van der Waals surface area contributed by atoms with Gasteiger partial charge < -0.3 is 10.1 Å².